The zero-order valence-corrected chi connectivity index (χ0v) is 12.7. The molecule has 0 radical (unpaired) electrons. The highest BCUT2D eigenvalue weighted by Crippen LogP contribution is 2.15. The molecule has 0 aliphatic carbocycles. The Hall–Kier alpha value is -1.44. The van der Waals surface area contributed by atoms with Crippen molar-refractivity contribution >= 4 is 15.9 Å². The molecule has 0 saturated carbocycles. The Morgan fingerprint density at radius 3 is 2.20 bits per heavy atom. The number of nitrogens with one attached hydrogen (secondary N) is 2. The van der Waals surface area contributed by atoms with Gasteiger partial charge in [-0.05, 0) is 38.5 Å². The van der Waals surface area contributed by atoms with E-state index in [0.29, 0.717) is 0 Å². The summed E-state index contributed by atoms with van der Waals surface area (Å²) in [7, 11) is -3.67. The number of benzene rings is 1. The van der Waals surface area contributed by atoms with Crippen LogP contribution in [0.15, 0.2) is 29.2 Å². The number of sulfonamides is 1. The van der Waals surface area contributed by atoms with Crippen LogP contribution in [0.2, 0.25) is 0 Å². The van der Waals surface area contributed by atoms with Crippen molar-refractivity contribution in [1.29, 1.82) is 0 Å². The summed E-state index contributed by atoms with van der Waals surface area (Å²) in [5.41, 5.74) is 0.884. The maximum absolute atomic E-state index is 11.5. The van der Waals surface area contributed by atoms with E-state index in [2.05, 4.69) is 10.6 Å². The Morgan fingerprint density at radius 1 is 1.20 bits per heavy atom. The lowest BCUT2D eigenvalue weighted by atomic mass is 10.1. The second-order valence-electron chi connectivity index (χ2n) is 4.94. The molecule has 4 N–H and O–H groups in total. The minimum Gasteiger partial charge on any atom is -0.353 e. The molecule has 0 aliphatic rings. The minimum absolute atomic E-state index is 0.0672. The summed E-state index contributed by atoms with van der Waals surface area (Å²) >= 11 is 0. The molecule has 1 rings (SSSR count). The van der Waals surface area contributed by atoms with Crippen molar-refractivity contribution in [3.8, 4) is 0 Å². The predicted octanol–water partition coefficient (Wildman–Crippen LogP) is 0.509. The van der Waals surface area contributed by atoms with Crippen LogP contribution in [0.25, 0.3) is 0 Å². The summed E-state index contributed by atoms with van der Waals surface area (Å²) in [5, 5.41) is 10.9. The van der Waals surface area contributed by atoms with Crippen LogP contribution in [0, 0.1) is 0 Å². The number of nitrogens with two attached hydrogens (primary N) is 1. The van der Waals surface area contributed by atoms with Crippen LogP contribution < -0.4 is 15.8 Å². The molecule has 6 nitrogen and oxygen atoms in total. The van der Waals surface area contributed by atoms with E-state index in [-0.39, 0.29) is 29.4 Å². The molecule has 0 aromatic heterocycles. The maximum atomic E-state index is 11.5. The van der Waals surface area contributed by atoms with Crippen LogP contribution in [0.3, 0.4) is 0 Å². The van der Waals surface area contributed by atoms with E-state index in [0.717, 1.165) is 5.56 Å². The molecule has 7 heteroatoms. The fraction of sp³-hybridized carbons (Fsp3) is 0.462. The molecule has 0 aliphatic heterocycles. The molecule has 0 heterocycles. The molecule has 0 saturated heterocycles. The Morgan fingerprint density at radius 2 is 1.75 bits per heavy atom. The number of rotatable bonds is 6. The van der Waals surface area contributed by atoms with Crippen molar-refractivity contribution in [3.63, 3.8) is 0 Å². The second-order valence-corrected chi connectivity index (χ2v) is 6.50. The van der Waals surface area contributed by atoms with Gasteiger partial charge in [0.15, 0.2) is 0 Å². The normalized spacial score (nSPS) is 13.2. The number of hydrogen-bond acceptors (Lipinski definition) is 4. The molecule has 0 bridgehead atoms. The number of carbonyl (C=O) groups is 1. The van der Waals surface area contributed by atoms with Gasteiger partial charge in [0.2, 0.25) is 15.9 Å². The molecule has 1 aromatic carbocycles. The van der Waals surface area contributed by atoms with Gasteiger partial charge in [-0.3, -0.25) is 4.79 Å². The number of carbonyl (C=O) groups excluding carboxylic acids is 1. The summed E-state index contributed by atoms with van der Waals surface area (Å²) in [4.78, 5) is 11.6. The van der Waals surface area contributed by atoms with Crippen LogP contribution >= 0.6 is 0 Å². The second kappa shape index (κ2) is 6.83. The van der Waals surface area contributed by atoms with E-state index in [1.807, 2.05) is 20.8 Å². The van der Waals surface area contributed by atoms with Crippen LogP contribution in [0.4, 0.5) is 0 Å². The SMILES string of the molecule is CC(C)NC(=O)CNC(C)c1ccc(S(N)(=O)=O)cc1. The lowest BCUT2D eigenvalue weighted by Gasteiger charge is -2.15. The lowest BCUT2D eigenvalue weighted by molar-refractivity contribution is -0.120. The number of hydrogen-bond donors (Lipinski definition) is 3. The molecule has 112 valence electrons. The third-order valence-electron chi connectivity index (χ3n) is 2.73. The number of amides is 1. The van der Waals surface area contributed by atoms with Crippen molar-refractivity contribution in [3.05, 3.63) is 29.8 Å². The first kappa shape index (κ1) is 16.6. The van der Waals surface area contributed by atoms with Gasteiger partial charge < -0.3 is 10.6 Å². The Labute approximate surface area is 119 Å². The van der Waals surface area contributed by atoms with Crippen molar-refractivity contribution < 1.29 is 13.2 Å². The molecule has 0 spiro atoms. The van der Waals surface area contributed by atoms with E-state index < -0.39 is 10.0 Å². The van der Waals surface area contributed by atoms with Gasteiger partial charge >= 0.3 is 0 Å². The van der Waals surface area contributed by atoms with E-state index >= 15 is 0 Å². The molecular formula is C13H21N3O3S. The largest absolute Gasteiger partial charge is 0.353 e. The smallest absolute Gasteiger partial charge is 0.238 e. The topological polar surface area (TPSA) is 101 Å². The van der Waals surface area contributed by atoms with Crippen LogP contribution in [-0.4, -0.2) is 26.9 Å². The van der Waals surface area contributed by atoms with Crippen LogP contribution in [0.5, 0.6) is 0 Å². The molecule has 1 amide bonds. The van der Waals surface area contributed by atoms with Gasteiger partial charge in [0.05, 0.1) is 11.4 Å². The van der Waals surface area contributed by atoms with Crippen LogP contribution in [-0.2, 0) is 14.8 Å². The van der Waals surface area contributed by atoms with E-state index in [9.17, 15) is 13.2 Å². The van der Waals surface area contributed by atoms with E-state index in [1.54, 1.807) is 12.1 Å². The molecule has 1 aromatic rings. The fourth-order valence-electron chi connectivity index (χ4n) is 1.68. The van der Waals surface area contributed by atoms with Crippen molar-refractivity contribution in [2.45, 2.75) is 37.8 Å². The highest BCUT2D eigenvalue weighted by Gasteiger charge is 2.11. The molecular weight excluding hydrogens is 278 g/mol. The first-order valence-electron chi connectivity index (χ1n) is 6.35. The van der Waals surface area contributed by atoms with Gasteiger partial charge in [0, 0.05) is 12.1 Å². The van der Waals surface area contributed by atoms with Gasteiger partial charge in [-0.2, -0.15) is 0 Å². The Bertz CT molecular complexity index is 553. The summed E-state index contributed by atoms with van der Waals surface area (Å²) in [6.07, 6.45) is 0. The standard InChI is InChI=1S/C13H21N3O3S/c1-9(2)16-13(17)8-15-10(3)11-4-6-12(7-5-11)20(14,18)19/h4-7,9-10,15H,8H2,1-3H3,(H,16,17)(H2,14,18,19). The lowest BCUT2D eigenvalue weighted by Crippen LogP contribution is -2.38. The molecule has 20 heavy (non-hydrogen) atoms. The average molecular weight is 299 g/mol. The average Bonchev–Trinajstić information content (AvgIpc) is 2.34. The minimum atomic E-state index is -3.67. The highest BCUT2D eigenvalue weighted by atomic mass is 32.2. The van der Waals surface area contributed by atoms with Crippen molar-refractivity contribution in [2.75, 3.05) is 6.54 Å². The monoisotopic (exact) mass is 299 g/mol. The van der Waals surface area contributed by atoms with E-state index in [4.69, 9.17) is 5.14 Å². The summed E-state index contributed by atoms with van der Waals surface area (Å²) < 4.78 is 22.3. The van der Waals surface area contributed by atoms with Gasteiger partial charge in [0.25, 0.3) is 0 Å². The number of primary sulfonamides is 1. The fourth-order valence-corrected chi connectivity index (χ4v) is 2.20. The first-order chi connectivity index (χ1) is 9.20. The third-order valence-corrected chi connectivity index (χ3v) is 3.66. The van der Waals surface area contributed by atoms with Gasteiger partial charge in [-0.25, -0.2) is 13.6 Å². The Kier molecular flexibility index (Phi) is 5.67. The first-order valence-corrected chi connectivity index (χ1v) is 7.90. The van der Waals surface area contributed by atoms with Gasteiger partial charge in [0.1, 0.15) is 0 Å². The molecule has 0 fully saturated rings. The molecule has 1 unspecified atom stereocenters. The molecule has 1 atom stereocenters. The third kappa shape index (κ3) is 5.28. The highest BCUT2D eigenvalue weighted by molar-refractivity contribution is 7.89. The zero-order chi connectivity index (χ0) is 15.3. The predicted molar refractivity (Wildman–Crippen MR) is 77.5 cm³/mol. The van der Waals surface area contributed by atoms with E-state index in [1.165, 1.54) is 12.1 Å². The maximum Gasteiger partial charge on any atom is 0.238 e. The van der Waals surface area contributed by atoms with Gasteiger partial charge in [-0.15, -0.1) is 0 Å². The van der Waals surface area contributed by atoms with Gasteiger partial charge in [-0.1, -0.05) is 12.1 Å². The summed E-state index contributed by atoms with van der Waals surface area (Å²) in [5.74, 6) is -0.0759. The summed E-state index contributed by atoms with van der Waals surface area (Å²) in [6.45, 7) is 5.89. The Balaban J connectivity index is 2.60. The van der Waals surface area contributed by atoms with Crippen molar-refractivity contribution in [2.24, 2.45) is 5.14 Å². The van der Waals surface area contributed by atoms with Crippen molar-refractivity contribution in [1.82, 2.24) is 10.6 Å². The summed E-state index contributed by atoms with van der Waals surface area (Å²) in [6, 6.07) is 6.31. The quantitative estimate of drug-likeness (QED) is 0.712. The zero-order valence-electron chi connectivity index (χ0n) is 11.9. The van der Waals surface area contributed by atoms with Crippen LogP contribution in [0.1, 0.15) is 32.4 Å².